The molecule has 36 heavy (non-hydrogen) atoms. The summed E-state index contributed by atoms with van der Waals surface area (Å²) in [5.74, 6) is -1.98. The molecular formula is C22H33F3N8O3. The normalized spacial score (nSPS) is 19.0. The zero-order valence-electron chi connectivity index (χ0n) is 20.4. The highest BCUT2D eigenvalue weighted by Gasteiger charge is 2.27. The molecule has 2 aliphatic heterocycles. The van der Waals surface area contributed by atoms with Gasteiger partial charge in [-0.2, -0.15) is 13.7 Å². The lowest BCUT2D eigenvalue weighted by Gasteiger charge is -2.35. The molecule has 0 saturated carbocycles. The number of likely N-dealkylation sites (N-methyl/N-ethyl adjacent to an activating group) is 1. The van der Waals surface area contributed by atoms with Crippen molar-refractivity contribution in [1.29, 1.82) is 0 Å². The lowest BCUT2D eigenvalue weighted by molar-refractivity contribution is -0.132. The molecule has 2 unspecified atom stereocenters. The van der Waals surface area contributed by atoms with E-state index in [4.69, 9.17) is 0 Å². The first-order chi connectivity index (χ1) is 17.2. The van der Waals surface area contributed by atoms with Crippen LogP contribution in [0.3, 0.4) is 0 Å². The molecule has 2 atom stereocenters. The number of benzene rings is 1. The van der Waals surface area contributed by atoms with Gasteiger partial charge >= 0.3 is 12.5 Å². The number of rotatable bonds is 8. The lowest BCUT2D eigenvalue weighted by atomic mass is 10.1. The Kier molecular flexibility index (Phi) is 9.70. The SMILES string of the molecule is CC(NC(=O)C(F)F)C(CNc1ccc(N2CCNN(C(=O)N3CCN(C)CC3)CC2)c(F)c1)N=O. The quantitative estimate of drug-likeness (QED) is 0.446. The average molecular weight is 515 g/mol. The van der Waals surface area contributed by atoms with E-state index in [1.54, 1.807) is 17.1 Å². The van der Waals surface area contributed by atoms with Crippen LogP contribution in [0, 0.1) is 10.7 Å². The Balaban J connectivity index is 1.54. The van der Waals surface area contributed by atoms with Gasteiger partial charge in [-0.05, 0) is 32.2 Å². The Labute approximate surface area is 207 Å². The molecule has 0 radical (unpaired) electrons. The van der Waals surface area contributed by atoms with E-state index in [-0.39, 0.29) is 12.6 Å². The summed E-state index contributed by atoms with van der Waals surface area (Å²) in [7, 11) is 2.02. The Morgan fingerprint density at radius 3 is 2.47 bits per heavy atom. The van der Waals surface area contributed by atoms with E-state index in [9.17, 15) is 27.7 Å². The molecule has 0 spiro atoms. The van der Waals surface area contributed by atoms with Gasteiger partial charge in [-0.1, -0.05) is 5.18 Å². The number of nitrogens with zero attached hydrogens (tertiary/aromatic N) is 5. The largest absolute Gasteiger partial charge is 0.383 e. The topological polar surface area (TPSA) is 113 Å². The first-order valence-electron chi connectivity index (χ1n) is 11.9. The van der Waals surface area contributed by atoms with Gasteiger partial charge in [0.15, 0.2) is 0 Å². The van der Waals surface area contributed by atoms with Crippen LogP contribution in [0.4, 0.5) is 29.3 Å². The van der Waals surface area contributed by atoms with E-state index >= 15 is 0 Å². The van der Waals surface area contributed by atoms with E-state index in [0.29, 0.717) is 50.6 Å². The predicted octanol–water partition coefficient (Wildman–Crippen LogP) is 1.14. The van der Waals surface area contributed by atoms with Crippen LogP contribution < -0.4 is 21.0 Å². The van der Waals surface area contributed by atoms with Crippen molar-refractivity contribution in [2.45, 2.75) is 25.4 Å². The maximum Gasteiger partial charge on any atom is 0.334 e. The molecular weight excluding hydrogens is 481 g/mol. The molecule has 3 N–H and O–H groups in total. The van der Waals surface area contributed by atoms with Crippen molar-refractivity contribution in [3.05, 3.63) is 28.9 Å². The summed E-state index contributed by atoms with van der Waals surface area (Å²) < 4.78 is 39.8. The minimum absolute atomic E-state index is 0.0794. The van der Waals surface area contributed by atoms with Gasteiger partial charge in [-0.3, -0.25) is 9.80 Å². The summed E-state index contributed by atoms with van der Waals surface area (Å²) in [5, 5.41) is 9.35. The highest BCUT2D eigenvalue weighted by atomic mass is 19.3. The molecule has 3 amide bonds. The van der Waals surface area contributed by atoms with Gasteiger partial charge in [0.05, 0.1) is 18.3 Å². The van der Waals surface area contributed by atoms with E-state index in [0.717, 1.165) is 13.1 Å². The fourth-order valence-electron chi connectivity index (χ4n) is 4.09. The van der Waals surface area contributed by atoms with Crippen LogP contribution in [0.15, 0.2) is 23.4 Å². The number of alkyl halides is 2. The molecule has 3 rings (SSSR count). The molecule has 11 nitrogen and oxygen atoms in total. The van der Waals surface area contributed by atoms with Gasteiger partial charge in [-0.25, -0.2) is 14.6 Å². The van der Waals surface area contributed by atoms with Crippen LogP contribution >= 0.6 is 0 Å². The maximum atomic E-state index is 15.0. The second-order valence-electron chi connectivity index (χ2n) is 8.94. The molecule has 1 aromatic carbocycles. The number of anilines is 2. The summed E-state index contributed by atoms with van der Waals surface area (Å²) in [6.07, 6.45) is -3.19. The monoisotopic (exact) mass is 514 g/mol. The summed E-state index contributed by atoms with van der Waals surface area (Å²) in [4.78, 5) is 40.9. The molecule has 2 aliphatic rings. The summed E-state index contributed by atoms with van der Waals surface area (Å²) in [5.41, 5.74) is 3.87. The Bertz CT molecular complexity index is 917. The van der Waals surface area contributed by atoms with Crippen LogP contribution in [0.5, 0.6) is 0 Å². The number of amides is 3. The van der Waals surface area contributed by atoms with Gasteiger partial charge in [0.1, 0.15) is 11.9 Å². The second kappa shape index (κ2) is 12.7. The van der Waals surface area contributed by atoms with Crippen molar-refractivity contribution < 1.29 is 22.8 Å². The highest BCUT2D eigenvalue weighted by molar-refractivity contribution is 5.79. The summed E-state index contributed by atoms with van der Waals surface area (Å²) in [6.45, 7) is 6.08. The summed E-state index contributed by atoms with van der Waals surface area (Å²) in [6, 6.07) is 2.46. The molecule has 2 saturated heterocycles. The van der Waals surface area contributed by atoms with Gasteiger partial charge in [0, 0.05) is 58.0 Å². The minimum atomic E-state index is -3.19. The van der Waals surface area contributed by atoms with Crippen molar-refractivity contribution in [1.82, 2.24) is 25.6 Å². The fourth-order valence-corrected chi connectivity index (χ4v) is 4.09. The predicted molar refractivity (Wildman–Crippen MR) is 129 cm³/mol. The van der Waals surface area contributed by atoms with Crippen molar-refractivity contribution in [3.63, 3.8) is 0 Å². The first-order valence-corrected chi connectivity index (χ1v) is 11.9. The van der Waals surface area contributed by atoms with Crippen LogP contribution in [-0.4, -0.2) is 111 Å². The Morgan fingerprint density at radius 1 is 1.11 bits per heavy atom. The van der Waals surface area contributed by atoms with Crippen LogP contribution in [-0.2, 0) is 4.79 Å². The van der Waals surface area contributed by atoms with Gasteiger partial charge in [0.25, 0.3) is 5.91 Å². The van der Waals surface area contributed by atoms with Crippen molar-refractivity contribution in [2.24, 2.45) is 5.18 Å². The number of nitrogens with one attached hydrogen (secondary N) is 3. The standard InChI is InChI=1S/C22H33F3N8O3/c1-15(28-21(34)20(24)25)18(29-36)14-26-16-3-4-19(17(23)13-16)31-6-5-27-33(12-11-31)22(35)32-9-7-30(2)8-10-32/h3-4,13,15,18,20,26-27H,5-12,14H2,1-2H3,(H,28,34). The number of carbonyl (C=O) groups is 2. The number of hydrogen-bond acceptors (Lipinski definition) is 8. The van der Waals surface area contributed by atoms with Crippen LogP contribution in [0.1, 0.15) is 6.92 Å². The van der Waals surface area contributed by atoms with Gasteiger partial charge in [-0.15, -0.1) is 0 Å². The minimum Gasteiger partial charge on any atom is -0.383 e. The van der Waals surface area contributed by atoms with Crippen LogP contribution in [0.25, 0.3) is 0 Å². The van der Waals surface area contributed by atoms with E-state index in [2.05, 4.69) is 20.8 Å². The fraction of sp³-hybridized carbons (Fsp3) is 0.636. The van der Waals surface area contributed by atoms with Gasteiger partial charge < -0.3 is 25.3 Å². The molecule has 0 aromatic heterocycles. The molecule has 0 bridgehead atoms. The zero-order valence-corrected chi connectivity index (χ0v) is 20.4. The molecule has 200 valence electrons. The lowest BCUT2D eigenvalue weighted by Crippen LogP contribution is -2.55. The summed E-state index contributed by atoms with van der Waals surface area (Å²) >= 11 is 0. The Morgan fingerprint density at radius 2 is 1.83 bits per heavy atom. The Hall–Kier alpha value is -3.13. The number of hydrazine groups is 1. The van der Waals surface area contributed by atoms with E-state index < -0.39 is 30.2 Å². The third-order valence-corrected chi connectivity index (χ3v) is 6.37. The molecule has 2 fully saturated rings. The number of nitroso groups, excluding NO2 is 1. The number of carbonyl (C=O) groups excluding carboxylic acids is 2. The van der Waals surface area contributed by atoms with Crippen molar-refractivity contribution in [3.8, 4) is 0 Å². The number of urea groups is 1. The molecule has 0 aliphatic carbocycles. The smallest absolute Gasteiger partial charge is 0.334 e. The third kappa shape index (κ3) is 7.20. The van der Waals surface area contributed by atoms with E-state index in [1.165, 1.54) is 13.0 Å². The molecule has 2 heterocycles. The second-order valence-corrected chi connectivity index (χ2v) is 8.94. The molecule has 1 aromatic rings. The first kappa shape index (κ1) is 27.5. The molecule has 14 heteroatoms. The average Bonchev–Trinajstić information content (AvgIpc) is 3.10. The third-order valence-electron chi connectivity index (χ3n) is 6.37. The number of hydrogen-bond donors (Lipinski definition) is 3. The number of halogens is 3. The van der Waals surface area contributed by atoms with Gasteiger partial charge in [0.2, 0.25) is 0 Å². The zero-order chi connectivity index (χ0) is 26.2. The number of piperazine rings is 1. The van der Waals surface area contributed by atoms with E-state index in [1.807, 2.05) is 22.2 Å². The van der Waals surface area contributed by atoms with Crippen molar-refractivity contribution >= 4 is 23.3 Å². The van der Waals surface area contributed by atoms with Crippen LogP contribution in [0.2, 0.25) is 0 Å². The maximum absolute atomic E-state index is 15.0. The highest BCUT2D eigenvalue weighted by Crippen LogP contribution is 2.23. The van der Waals surface area contributed by atoms with Crippen molar-refractivity contribution in [2.75, 3.05) is 76.2 Å².